The van der Waals surface area contributed by atoms with Crippen molar-refractivity contribution in [1.82, 2.24) is 61.2 Å². The molecule has 22 rings (SSSR count). The summed E-state index contributed by atoms with van der Waals surface area (Å²) in [6.45, 7) is 58.7. The molecule has 10 aromatic heterocycles. The summed E-state index contributed by atoms with van der Waals surface area (Å²) in [5.74, 6) is 9.12. The smallest absolute Gasteiger partial charge is 0.198 e. The molecular weight excluding hydrogens is 1850 g/mol. The van der Waals surface area contributed by atoms with Crippen molar-refractivity contribution in [2.75, 3.05) is 49.0 Å². The molecule has 0 fully saturated rings. The summed E-state index contributed by atoms with van der Waals surface area (Å²) in [6.07, 6.45) is 19.7. The number of fused-ring (bicyclic) bond motifs is 7. The van der Waals surface area contributed by atoms with Crippen LogP contribution in [0.4, 0.5) is 86.0 Å². The van der Waals surface area contributed by atoms with Crippen LogP contribution in [0.3, 0.4) is 0 Å². The Morgan fingerprint density at radius 3 is 0.839 bits per heavy atom. The molecule has 0 unspecified atom stereocenters. The quantitative estimate of drug-likeness (QED) is 0.0669. The van der Waals surface area contributed by atoms with Crippen LogP contribution in [-0.4, -0.2) is 92.0 Å². The molecule has 782 valence electrons. The first-order valence-electron chi connectivity index (χ1n) is 53.4. The predicted octanol–water partition coefficient (Wildman–Crippen LogP) is 23.2. The van der Waals surface area contributed by atoms with Gasteiger partial charge in [0, 0.05) is 70.7 Å². The lowest BCUT2D eigenvalue weighted by Crippen LogP contribution is -2.51. The summed E-state index contributed by atoms with van der Waals surface area (Å²) >= 11 is 0. The maximum atomic E-state index is 5.07. The monoisotopic (exact) mass is 2010 g/mol. The van der Waals surface area contributed by atoms with Crippen LogP contribution < -0.4 is 72.4 Å². The van der Waals surface area contributed by atoms with Crippen molar-refractivity contribution in [3.8, 4) is 0 Å². The Kier molecular flexibility index (Phi) is 27.6. The van der Waals surface area contributed by atoms with Gasteiger partial charge in [0.25, 0.3) is 0 Å². The first-order valence-corrected chi connectivity index (χ1v) is 53.4. The number of aryl methyl sites for hydroxylation is 5. The number of aromatic nitrogens is 18. The highest BCUT2D eigenvalue weighted by atomic mass is 15.6. The van der Waals surface area contributed by atoms with E-state index in [-0.39, 0.29) is 58.5 Å². The molecular formula is C121H163N28+5. The number of benzene rings is 7. The Morgan fingerprint density at radius 2 is 0.557 bits per heavy atom. The molecule has 0 amide bonds. The molecule has 5 aliphatic heterocycles. The topological polar surface area (TPSA) is 140 Å². The van der Waals surface area contributed by atoms with E-state index in [1.165, 1.54) is 114 Å². The van der Waals surface area contributed by atoms with Crippen LogP contribution in [0, 0.1) is 6.92 Å². The second-order valence-electron chi connectivity index (χ2n) is 45.2. The van der Waals surface area contributed by atoms with Gasteiger partial charge in [0.15, 0.2) is 90.3 Å². The van der Waals surface area contributed by atoms with E-state index in [9.17, 15) is 0 Å². The van der Waals surface area contributed by atoms with E-state index in [4.69, 9.17) is 4.98 Å². The number of imidazole rings is 3. The molecule has 0 N–H and O–H groups in total. The summed E-state index contributed by atoms with van der Waals surface area (Å²) < 4.78 is 33.8. The third kappa shape index (κ3) is 17.3. The first kappa shape index (κ1) is 104. The van der Waals surface area contributed by atoms with Crippen molar-refractivity contribution in [3.05, 3.63) is 309 Å². The molecule has 149 heavy (non-hydrogen) atoms. The van der Waals surface area contributed by atoms with Gasteiger partial charge in [-0.25, -0.2) is 15.0 Å². The van der Waals surface area contributed by atoms with Crippen molar-refractivity contribution in [2.45, 2.75) is 269 Å². The maximum absolute atomic E-state index is 5.07. The molecule has 28 heteroatoms. The van der Waals surface area contributed by atoms with E-state index in [0.29, 0.717) is 30.2 Å². The summed E-state index contributed by atoms with van der Waals surface area (Å²) in [7, 11) is 21.3. The van der Waals surface area contributed by atoms with Crippen LogP contribution in [0.25, 0.3) is 21.9 Å². The van der Waals surface area contributed by atoms with Crippen LogP contribution in [0.2, 0.25) is 0 Å². The van der Waals surface area contributed by atoms with Crippen molar-refractivity contribution >= 4 is 108 Å². The summed E-state index contributed by atoms with van der Waals surface area (Å²) in [4.78, 5) is 39.2. The van der Waals surface area contributed by atoms with E-state index >= 15 is 0 Å². The molecule has 0 saturated carbocycles. The van der Waals surface area contributed by atoms with Crippen LogP contribution in [0.5, 0.6) is 0 Å². The van der Waals surface area contributed by atoms with Gasteiger partial charge in [-0.2, -0.15) is 0 Å². The minimum absolute atomic E-state index is 0.122. The highest BCUT2D eigenvalue weighted by molar-refractivity contribution is 5.90. The van der Waals surface area contributed by atoms with Crippen LogP contribution in [0.15, 0.2) is 274 Å². The standard InChI is InChI=1S/C27H34N5.C26H33N6.C23H33N6.C23H32N5.C22H31N6/c1-19(2)30-17-16-26(29(30)7)31-20(3)32(24-15-11-10-14-23(24)31)27(4,5)25-18-21-12-8-9-13-22(21)28(25)6;1-18(2)30-17-16-24(29(30)7)31-19(3)32(23-15-11-10-14-22(23)31)26(4,5)25-27-20-12-8-9-13-21(20)28(25)6;1-16(2)27-14-13-22(26(27)8)28-18(4)29(20-12-10-9-11-19(20)28)23(5,6)21-15-24-17(3)25(21)7;1-17(2)26-16-14-22(25(26)7)27-18(3)28(20-12-9-8-11-19(20)27)23(4,5)21-13-10-15-24(21)6;1-16(2)26-14-12-20(25(26)7)27-17(3)28(19-11-9-8-10-18(19)27)22(4,5)21-23-13-15-24(21)6/h8-20H,1-7H3;8-19H,1-7H3;9-16,18H,1-8H3;8-18H,1-7H3;8-17H,1-7H3/q5*+1/t20-;19-;2*18-;17-/m11111/s1. The molecule has 0 saturated heterocycles. The number of nitrogens with zero attached hydrogens (tertiary/aromatic N) is 28. The fourth-order valence-corrected chi connectivity index (χ4v) is 25.8. The minimum atomic E-state index is -0.322. The Balaban J connectivity index is 0.000000122. The maximum Gasteiger partial charge on any atom is 0.198 e. The minimum Gasteiger partial charge on any atom is -0.352 e. The summed E-state index contributed by atoms with van der Waals surface area (Å²) in [5, 5.41) is 1.29. The van der Waals surface area contributed by atoms with Crippen LogP contribution in [0.1, 0.15) is 238 Å². The molecule has 7 aromatic carbocycles. The fraction of sp³-hybridized carbons (Fsp3) is 0.421. The zero-order valence-corrected chi connectivity index (χ0v) is 95.3. The third-order valence-corrected chi connectivity index (χ3v) is 32.6. The number of hydrogen-bond donors (Lipinski definition) is 0. The average Bonchev–Trinajstić information content (AvgIpc) is 1.58. The highest BCUT2D eigenvalue weighted by Gasteiger charge is 2.52. The van der Waals surface area contributed by atoms with E-state index in [1.54, 1.807) is 0 Å². The normalized spacial score (nSPS) is 16.7. The number of rotatable bonds is 20. The Labute approximate surface area is 884 Å². The second-order valence-corrected chi connectivity index (χ2v) is 45.2. The molecule has 17 aromatic rings. The molecule has 5 atom stereocenters. The van der Waals surface area contributed by atoms with E-state index in [0.717, 1.165) is 28.5 Å². The lowest BCUT2D eigenvalue weighted by Gasteiger charge is -2.42. The number of anilines is 15. The van der Waals surface area contributed by atoms with Crippen LogP contribution in [-0.2, 0) is 98.2 Å². The molecule has 28 nitrogen and oxygen atoms in total. The van der Waals surface area contributed by atoms with Gasteiger partial charge in [0.2, 0.25) is 0 Å². The van der Waals surface area contributed by atoms with Crippen LogP contribution >= 0.6 is 0 Å². The first-order chi connectivity index (χ1) is 70.6. The van der Waals surface area contributed by atoms with E-state index in [1.807, 2.05) is 18.6 Å². The van der Waals surface area contributed by atoms with Gasteiger partial charge in [-0.3, -0.25) is 0 Å². The van der Waals surface area contributed by atoms with Gasteiger partial charge in [0.1, 0.15) is 48.3 Å². The van der Waals surface area contributed by atoms with Gasteiger partial charge in [0.05, 0.1) is 173 Å². The van der Waals surface area contributed by atoms with Crippen molar-refractivity contribution in [2.24, 2.45) is 70.5 Å². The number of hydrogen-bond acceptors (Lipinski definition) is 13. The van der Waals surface area contributed by atoms with E-state index < -0.39 is 0 Å². The largest absolute Gasteiger partial charge is 0.352 e. The van der Waals surface area contributed by atoms with Crippen molar-refractivity contribution in [3.63, 3.8) is 0 Å². The molecule has 0 bridgehead atoms. The predicted molar refractivity (Wildman–Crippen MR) is 608 cm³/mol. The molecule has 0 radical (unpaired) electrons. The second kappa shape index (κ2) is 39.4. The fourth-order valence-electron chi connectivity index (χ4n) is 25.8. The zero-order chi connectivity index (χ0) is 107. The lowest BCUT2D eigenvalue weighted by atomic mass is 9.96. The Bertz CT molecular complexity index is 7330. The van der Waals surface area contributed by atoms with Crippen molar-refractivity contribution in [1.29, 1.82) is 0 Å². The summed E-state index contributed by atoms with van der Waals surface area (Å²) in [5.41, 5.74) is 18.6. The van der Waals surface area contributed by atoms with E-state index in [2.05, 4.69) is 635 Å². The average molecular weight is 2010 g/mol. The lowest BCUT2D eigenvalue weighted by molar-refractivity contribution is -0.789. The van der Waals surface area contributed by atoms with Gasteiger partial charge in [-0.1, -0.05) is 91.0 Å². The molecule has 15 heterocycles. The molecule has 5 aliphatic rings. The van der Waals surface area contributed by atoms with Gasteiger partial charge in [-0.05, 0) is 282 Å². The third-order valence-electron chi connectivity index (χ3n) is 32.6. The van der Waals surface area contributed by atoms with Gasteiger partial charge in [-0.15, -0.1) is 46.8 Å². The SMILES string of the molecule is CC(C)[n+]1ccc(N2c3ccccc3N(C(C)(C)c3cc4ccccc4n3C)[C@@H]2C)n1C.CC(C)[n+]1ccc(N2c3ccccc3N(C(C)(C)c3cccn3C)[C@@H]2C)n1C.CC(C)[n+]1ccc(N2c3ccccc3N(C(C)(C)c3nc4ccccc4n3C)[C@@H]2C)n1C.CC(C)[n+]1ccc(N2c3ccccc3N(C(C)(C)c3nccn3C)[C@@H]2C)n1C.Cc1ncc(C(C)(C)N2c3ccccc3N(c3cc[n+](C(C)C)n3C)[C@H]2C)n1C. The van der Waals surface area contributed by atoms with Gasteiger partial charge >= 0.3 is 0 Å². The Hall–Kier alpha value is -14.7. The summed E-state index contributed by atoms with van der Waals surface area (Å²) in [6, 6.07) is 80.6. The zero-order valence-electron chi connectivity index (χ0n) is 95.3. The highest BCUT2D eigenvalue weighted by Crippen LogP contribution is 2.56. The molecule has 0 spiro atoms. The molecule has 0 aliphatic carbocycles. The van der Waals surface area contributed by atoms with Crippen molar-refractivity contribution < 1.29 is 23.4 Å². The Morgan fingerprint density at radius 1 is 0.268 bits per heavy atom. The van der Waals surface area contributed by atoms with Gasteiger partial charge < -0.3 is 71.8 Å². The number of para-hydroxylation sites is 13.